The van der Waals surface area contributed by atoms with E-state index in [9.17, 15) is 0 Å². The number of aryl methyl sites for hydroxylation is 3. The second-order valence-electron chi connectivity index (χ2n) is 5.64. The minimum Gasteiger partial charge on any atom is -0.383 e. The Kier molecular flexibility index (Phi) is 6.53. The maximum absolute atomic E-state index is 5.31. The molecule has 0 aromatic heterocycles. The predicted molar refractivity (Wildman–Crippen MR) is 82.8 cm³/mol. The van der Waals surface area contributed by atoms with Gasteiger partial charge < -0.3 is 10.1 Å². The number of hydrogen-bond donors (Lipinski definition) is 1. The second-order valence-corrected chi connectivity index (χ2v) is 5.64. The van der Waals surface area contributed by atoms with Gasteiger partial charge >= 0.3 is 0 Å². The first kappa shape index (κ1) is 16.2. The molecule has 1 N–H and O–H groups in total. The number of rotatable bonds is 7. The van der Waals surface area contributed by atoms with Crippen molar-refractivity contribution in [3.8, 4) is 0 Å². The van der Waals surface area contributed by atoms with E-state index >= 15 is 0 Å². The molecule has 2 unspecified atom stereocenters. The second kappa shape index (κ2) is 7.66. The molecule has 0 saturated carbocycles. The fourth-order valence-electron chi connectivity index (χ4n) is 3.08. The van der Waals surface area contributed by atoms with Gasteiger partial charge in [-0.3, -0.25) is 0 Å². The highest BCUT2D eigenvalue weighted by atomic mass is 16.5. The van der Waals surface area contributed by atoms with E-state index in [0.29, 0.717) is 12.1 Å². The number of methoxy groups -OCH3 is 1. The highest BCUT2D eigenvalue weighted by Crippen LogP contribution is 2.24. The Morgan fingerprint density at radius 3 is 2.21 bits per heavy atom. The maximum Gasteiger partial charge on any atom is 0.0616 e. The van der Waals surface area contributed by atoms with Crippen LogP contribution in [0.4, 0.5) is 0 Å². The largest absolute Gasteiger partial charge is 0.383 e. The molecule has 108 valence electrons. The molecule has 0 saturated heterocycles. The summed E-state index contributed by atoms with van der Waals surface area (Å²) in [6, 6.07) is 5.34. The third-order valence-corrected chi connectivity index (χ3v) is 3.66. The molecule has 19 heavy (non-hydrogen) atoms. The van der Waals surface area contributed by atoms with Crippen LogP contribution in [0.1, 0.15) is 55.0 Å². The lowest BCUT2D eigenvalue weighted by atomic mass is 9.94. The van der Waals surface area contributed by atoms with Gasteiger partial charge in [-0.2, -0.15) is 0 Å². The van der Waals surface area contributed by atoms with Gasteiger partial charge in [0, 0.05) is 19.2 Å². The molecule has 0 fully saturated rings. The van der Waals surface area contributed by atoms with Crippen molar-refractivity contribution in [3.05, 3.63) is 34.4 Å². The smallest absolute Gasteiger partial charge is 0.0616 e. The molecule has 0 amide bonds. The average Bonchev–Trinajstić information content (AvgIpc) is 2.27. The van der Waals surface area contributed by atoms with Crippen molar-refractivity contribution in [1.29, 1.82) is 0 Å². The molecule has 0 radical (unpaired) electrons. The molecule has 2 atom stereocenters. The molecular weight excluding hydrogens is 234 g/mol. The van der Waals surface area contributed by atoms with Crippen LogP contribution >= 0.6 is 0 Å². The fraction of sp³-hybridized carbons (Fsp3) is 0.647. The number of hydrogen-bond acceptors (Lipinski definition) is 2. The van der Waals surface area contributed by atoms with Crippen molar-refractivity contribution in [1.82, 2.24) is 5.32 Å². The van der Waals surface area contributed by atoms with E-state index in [1.807, 2.05) is 0 Å². The molecule has 1 aromatic rings. The minimum atomic E-state index is 0.368. The highest BCUT2D eigenvalue weighted by molar-refractivity contribution is 5.39. The van der Waals surface area contributed by atoms with Crippen molar-refractivity contribution >= 4 is 0 Å². The topological polar surface area (TPSA) is 21.3 Å². The lowest BCUT2D eigenvalue weighted by Gasteiger charge is -2.25. The van der Waals surface area contributed by atoms with Gasteiger partial charge in [-0.1, -0.05) is 31.0 Å². The SMILES string of the molecule is CCCC(COC)NC(C)c1c(C)cc(C)cc1C. The molecule has 0 spiro atoms. The Morgan fingerprint density at radius 2 is 1.74 bits per heavy atom. The van der Waals surface area contributed by atoms with Gasteiger partial charge in [0.2, 0.25) is 0 Å². The Bertz CT molecular complexity index is 371. The van der Waals surface area contributed by atoms with Crippen molar-refractivity contribution in [2.24, 2.45) is 0 Å². The Balaban J connectivity index is 2.84. The predicted octanol–water partition coefficient (Wildman–Crippen LogP) is 4.08. The van der Waals surface area contributed by atoms with Gasteiger partial charge in [0.05, 0.1) is 6.61 Å². The zero-order chi connectivity index (χ0) is 14.4. The Hall–Kier alpha value is -0.860. The molecule has 2 nitrogen and oxygen atoms in total. The van der Waals surface area contributed by atoms with E-state index in [4.69, 9.17) is 4.74 Å². The molecule has 0 aliphatic heterocycles. The molecule has 2 heteroatoms. The van der Waals surface area contributed by atoms with Gasteiger partial charge in [-0.05, 0) is 50.8 Å². The number of benzene rings is 1. The summed E-state index contributed by atoms with van der Waals surface area (Å²) in [6.45, 7) is 11.8. The van der Waals surface area contributed by atoms with Crippen LogP contribution in [0.15, 0.2) is 12.1 Å². The van der Waals surface area contributed by atoms with Gasteiger partial charge in [0.25, 0.3) is 0 Å². The maximum atomic E-state index is 5.31. The fourth-order valence-corrected chi connectivity index (χ4v) is 3.08. The summed E-state index contributed by atoms with van der Waals surface area (Å²) in [6.07, 6.45) is 2.34. The van der Waals surface area contributed by atoms with Crippen molar-refractivity contribution in [2.75, 3.05) is 13.7 Å². The van der Waals surface area contributed by atoms with Crippen LogP contribution in [-0.4, -0.2) is 19.8 Å². The van der Waals surface area contributed by atoms with Crippen LogP contribution in [-0.2, 0) is 4.74 Å². The summed E-state index contributed by atoms with van der Waals surface area (Å²) in [5.74, 6) is 0. The molecule has 0 aliphatic carbocycles. The number of nitrogens with one attached hydrogen (secondary N) is 1. The van der Waals surface area contributed by atoms with Gasteiger partial charge in [0.15, 0.2) is 0 Å². The van der Waals surface area contributed by atoms with E-state index in [2.05, 4.69) is 52.1 Å². The first-order valence-corrected chi connectivity index (χ1v) is 7.32. The molecule has 0 aliphatic rings. The van der Waals surface area contributed by atoms with Crippen molar-refractivity contribution in [2.45, 2.75) is 59.5 Å². The van der Waals surface area contributed by atoms with Gasteiger partial charge in [-0.25, -0.2) is 0 Å². The molecule has 0 bridgehead atoms. The summed E-state index contributed by atoms with van der Waals surface area (Å²) >= 11 is 0. The summed E-state index contributed by atoms with van der Waals surface area (Å²) < 4.78 is 5.31. The standard InChI is InChI=1S/C17H29NO/c1-7-8-16(11-19-6)18-15(5)17-13(3)9-12(2)10-14(17)4/h9-10,15-16,18H,7-8,11H2,1-6H3. The van der Waals surface area contributed by atoms with E-state index in [-0.39, 0.29) is 0 Å². The normalized spacial score (nSPS) is 14.4. The first-order valence-electron chi connectivity index (χ1n) is 7.32. The molecule has 1 aromatic carbocycles. The molecule has 1 rings (SSSR count). The lowest BCUT2D eigenvalue weighted by molar-refractivity contribution is 0.157. The number of ether oxygens (including phenoxy) is 1. The zero-order valence-electron chi connectivity index (χ0n) is 13.3. The van der Waals surface area contributed by atoms with E-state index in [0.717, 1.165) is 13.0 Å². The van der Waals surface area contributed by atoms with Crippen molar-refractivity contribution in [3.63, 3.8) is 0 Å². The summed E-state index contributed by atoms with van der Waals surface area (Å²) in [5.41, 5.74) is 5.53. The lowest BCUT2D eigenvalue weighted by Crippen LogP contribution is -2.35. The van der Waals surface area contributed by atoms with Crippen LogP contribution < -0.4 is 5.32 Å². The third kappa shape index (κ3) is 4.63. The summed E-state index contributed by atoms with van der Waals surface area (Å²) in [7, 11) is 1.78. The average molecular weight is 263 g/mol. The summed E-state index contributed by atoms with van der Waals surface area (Å²) in [4.78, 5) is 0. The van der Waals surface area contributed by atoms with E-state index in [1.54, 1.807) is 7.11 Å². The van der Waals surface area contributed by atoms with E-state index < -0.39 is 0 Å². The monoisotopic (exact) mass is 263 g/mol. The quantitative estimate of drug-likeness (QED) is 0.800. The van der Waals surface area contributed by atoms with Crippen LogP contribution in [0.2, 0.25) is 0 Å². The van der Waals surface area contributed by atoms with Gasteiger partial charge in [-0.15, -0.1) is 0 Å². The third-order valence-electron chi connectivity index (χ3n) is 3.66. The van der Waals surface area contributed by atoms with Crippen LogP contribution in [0.3, 0.4) is 0 Å². The Morgan fingerprint density at radius 1 is 1.16 bits per heavy atom. The van der Waals surface area contributed by atoms with Crippen LogP contribution in [0, 0.1) is 20.8 Å². The minimum absolute atomic E-state index is 0.368. The molecule has 0 heterocycles. The first-order chi connectivity index (χ1) is 8.99. The van der Waals surface area contributed by atoms with Gasteiger partial charge in [0.1, 0.15) is 0 Å². The van der Waals surface area contributed by atoms with Crippen molar-refractivity contribution < 1.29 is 4.74 Å². The molecular formula is C17H29NO. The summed E-state index contributed by atoms with van der Waals surface area (Å²) in [5, 5.41) is 3.71. The van der Waals surface area contributed by atoms with Crippen LogP contribution in [0.5, 0.6) is 0 Å². The zero-order valence-corrected chi connectivity index (χ0v) is 13.3. The van der Waals surface area contributed by atoms with E-state index in [1.165, 1.54) is 28.7 Å². The Labute approximate surface area is 118 Å². The van der Waals surface area contributed by atoms with Crippen LogP contribution in [0.25, 0.3) is 0 Å². The highest BCUT2D eigenvalue weighted by Gasteiger charge is 2.16.